The van der Waals surface area contributed by atoms with E-state index in [0.29, 0.717) is 17.3 Å². The van der Waals surface area contributed by atoms with Crippen molar-refractivity contribution in [2.75, 3.05) is 19.6 Å². The summed E-state index contributed by atoms with van der Waals surface area (Å²) in [7, 11) is 2.00. The van der Waals surface area contributed by atoms with Crippen molar-refractivity contribution in [3.05, 3.63) is 59.1 Å². The van der Waals surface area contributed by atoms with Gasteiger partial charge in [-0.05, 0) is 18.2 Å². The zero-order chi connectivity index (χ0) is 18.1. The summed E-state index contributed by atoms with van der Waals surface area (Å²) in [6.45, 7) is 3.29. The maximum Gasteiger partial charge on any atom is 0.127 e. The number of aryl methyl sites for hydroxylation is 1. The monoisotopic (exact) mass is 375 g/mol. The van der Waals surface area contributed by atoms with Gasteiger partial charge in [0, 0.05) is 45.6 Å². The van der Waals surface area contributed by atoms with Crippen LogP contribution in [0.4, 0.5) is 4.39 Å². The zero-order valence-corrected chi connectivity index (χ0v) is 15.1. The predicted molar refractivity (Wildman–Crippen MR) is 95.6 cm³/mol. The largest absolute Gasteiger partial charge is 0.337 e. The van der Waals surface area contributed by atoms with Gasteiger partial charge in [0.15, 0.2) is 0 Å². The van der Waals surface area contributed by atoms with Crippen molar-refractivity contribution < 1.29 is 4.39 Å². The Bertz CT molecular complexity index is 906. The Hall–Kier alpha value is -2.29. The fourth-order valence-electron chi connectivity index (χ4n) is 3.25. The van der Waals surface area contributed by atoms with Gasteiger partial charge < -0.3 is 9.88 Å². The van der Waals surface area contributed by atoms with Gasteiger partial charge in [0.1, 0.15) is 11.6 Å². The molecule has 1 atom stereocenters. The molecule has 26 heavy (non-hydrogen) atoms. The first kappa shape index (κ1) is 17.1. The quantitative estimate of drug-likeness (QED) is 0.755. The molecular formula is C17H19ClFN7. The molecule has 0 saturated carbocycles. The smallest absolute Gasteiger partial charge is 0.127 e. The Kier molecular flexibility index (Phi) is 4.71. The Balaban J connectivity index is 1.55. The SMILES string of the molecule is Cn1ccnc1C1CNCCN1Cc1cn(-c2ccc(F)cc2Cl)nn1. The lowest BCUT2D eigenvalue weighted by Crippen LogP contribution is -2.46. The van der Waals surface area contributed by atoms with Crippen molar-refractivity contribution in [3.8, 4) is 5.69 Å². The highest BCUT2D eigenvalue weighted by molar-refractivity contribution is 6.32. The van der Waals surface area contributed by atoms with Crippen LogP contribution < -0.4 is 5.32 Å². The second-order valence-electron chi connectivity index (χ2n) is 6.34. The zero-order valence-electron chi connectivity index (χ0n) is 14.3. The van der Waals surface area contributed by atoms with E-state index in [4.69, 9.17) is 11.6 Å². The standard InChI is InChI=1S/C17H19ClFN7/c1-24-6-5-21-17(24)16-9-20-4-7-25(16)10-13-11-26(23-22-13)15-3-2-12(19)8-14(15)18/h2-3,5-6,8,11,16,20H,4,7,9-10H2,1H3. The van der Waals surface area contributed by atoms with Gasteiger partial charge in [0.2, 0.25) is 0 Å². The topological polar surface area (TPSA) is 63.8 Å². The number of hydrogen-bond donors (Lipinski definition) is 1. The predicted octanol–water partition coefficient (Wildman–Crippen LogP) is 1.94. The van der Waals surface area contributed by atoms with Crippen LogP contribution in [0.1, 0.15) is 17.6 Å². The summed E-state index contributed by atoms with van der Waals surface area (Å²) in [6, 6.07) is 4.39. The number of aromatic nitrogens is 5. The van der Waals surface area contributed by atoms with Crippen LogP contribution in [-0.4, -0.2) is 49.1 Å². The first-order valence-corrected chi connectivity index (χ1v) is 8.78. The summed E-state index contributed by atoms with van der Waals surface area (Å²) in [5.41, 5.74) is 1.43. The third-order valence-electron chi connectivity index (χ3n) is 4.57. The molecule has 2 aromatic heterocycles. The summed E-state index contributed by atoms with van der Waals surface area (Å²) in [4.78, 5) is 6.82. The number of nitrogens with zero attached hydrogens (tertiary/aromatic N) is 6. The van der Waals surface area contributed by atoms with E-state index in [1.54, 1.807) is 10.7 Å². The fraction of sp³-hybridized carbons (Fsp3) is 0.353. The van der Waals surface area contributed by atoms with Crippen molar-refractivity contribution >= 4 is 11.6 Å². The molecule has 0 bridgehead atoms. The number of halogens is 2. The molecular weight excluding hydrogens is 357 g/mol. The molecule has 1 aliphatic heterocycles. The Morgan fingerprint density at radius 2 is 2.27 bits per heavy atom. The van der Waals surface area contributed by atoms with Gasteiger partial charge in [-0.15, -0.1) is 5.10 Å². The average molecular weight is 376 g/mol. The van der Waals surface area contributed by atoms with Crippen LogP contribution in [0, 0.1) is 5.82 Å². The van der Waals surface area contributed by atoms with Crippen molar-refractivity contribution in [2.45, 2.75) is 12.6 Å². The Morgan fingerprint density at radius 3 is 3.04 bits per heavy atom. The molecule has 7 nitrogen and oxygen atoms in total. The Labute approximate surface area is 155 Å². The molecule has 4 rings (SSSR count). The number of rotatable bonds is 4. The van der Waals surface area contributed by atoms with E-state index in [2.05, 4.69) is 25.5 Å². The molecule has 1 unspecified atom stereocenters. The van der Waals surface area contributed by atoms with Crippen LogP contribution in [0.15, 0.2) is 36.8 Å². The molecule has 1 saturated heterocycles. The fourth-order valence-corrected chi connectivity index (χ4v) is 3.51. The normalized spacial score (nSPS) is 18.3. The molecule has 1 aliphatic rings. The van der Waals surface area contributed by atoms with Crippen LogP contribution in [0.3, 0.4) is 0 Å². The first-order chi connectivity index (χ1) is 12.6. The van der Waals surface area contributed by atoms with E-state index in [9.17, 15) is 4.39 Å². The van der Waals surface area contributed by atoms with E-state index < -0.39 is 0 Å². The highest BCUT2D eigenvalue weighted by Gasteiger charge is 2.27. The van der Waals surface area contributed by atoms with Crippen LogP contribution in [0.25, 0.3) is 5.69 Å². The minimum Gasteiger partial charge on any atom is -0.337 e. The maximum atomic E-state index is 13.2. The summed E-state index contributed by atoms with van der Waals surface area (Å²) < 4.78 is 16.9. The van der Waals surface area contributed by atoms with Crippen molar-refractivity contribution in [1.29, 1.82) is 0 Å². The van der Waals surface area contributed by atoms with E-state index in [1.807, 2.05) is 30.2 Å². The summed E-state index contributed by atoms with van der Waals surface area (Å²) in [6.07, 6.45) is 5.60. The molecule has 3 aromatic rings. The van der Waals surface area contributed by atoms with Crippen molar-refractivity contribution in [1.82, 2.24) is 34.8 Å². The maximum absolute atomic E-state index is 13.2. The molecule has 0 spiro atoms. The molecule has 9 heteroatoms. The van der Waals surface area contributed by atoms with Gasteiger partial charge in [-0.3, -0.25) is 4.90 Å². The van der Waals surface area contributed by atoms with Gasteiger partial charge in [0.25, 0.3) is 0 Å². The first-order valence-electron chi connectivity index (χ1n) is 8.40. The van der Waals surface area contributed by atoms with Gasteiger partial charge in [-0.1, -0.05) is 16.8 Å². The molecule has 0 radical (unpaired) electrons. The third kappa shape index (κ3) is 3.35. The van der Waals surface area contributed by atoms with Crippen LogP contribution in [-0.2, 0) is 13.6 Å². The minimum absolute atomic E-state index is 0.170. The number of benzene rings is 1. The lowest BCUT2D eigenvalue weighted by molar-refractivity contribution is 0.143. The number of nitrogens with one attached hydrogen (secondary N) is 1. The highest BCUT2D eigenvalue weighted by Crippen LogP contribution is 2.24. The number of imidazole rings is 1. The van der Waals surface area contributed by atoms with Crippen LogP contribution in [0.2, 0.25) is 5.02 Å². The molecule has 0 amide bonds. The molecule has 0 aliphatic carbocycles. The number of piperazine rings is 1. The molecule has 1 N–H and O–H groups in total. The minimum atomic E-state index is -0.377. The van der Waals surface area contributed by atoms with E-state index in [-0.39, 0.29) is 11.9 Å². The molecule has 3 heterocycles. The van der Waals surface area contributed by atoms with Crippen molar-refractivity contribution in [2.24, 2.45) is 7.05 Å². The third-order valence-corrected chi connectivity index (χ3v) is 4.88. The number of hydrogen-bond acceptors (Lipinski definition) is 5. The molecule has 136 valence electrons. The molecule has 1 aromatic carbocycles. The Morgan fingerprint density at radius 1 is 1.38 bits per heavy atom. The lowest BCUT2D eigenvalue weighted by atomic mass is 10.1. The van der Waals surface area contributed by atoms with Gasteiger partial charge >= 0.3 is 0 Å². The average Bonchev–Trinajstić information content (AvgIpc) is 3.25. The second kappa shape index (κ2) is 7.14. The van der Waals surface area contributed by atoms with Gasteiger partial charge in [0.05, 0.1) is 28.6 Å². The molecule has 1 fully saturated rings. The van der Waals surface area contributed by atoms with Crippen LogP contribution in [0.5, 0.6) is 0 Å². The summed E-state index contributed by atoms with van der Waals surface area (Å²) in [5, 5.41) is 12.1. The van der Waals surface area contributed by atoms with E-state index in [1.165, 1.54) is 12.1 Å². The van der Waals surface area contributed by atoms with Gasteiger partial charge in [-0.2, -0.15) is 0 Å². The summed E-state index contributed by atoms with van der Waals surface area (Å²) in [5.74, 6) is 0.643. The van der Waals surface area contributed by atoms with Crippen LogP contribution >= 0.6 is 11.6 Å². The lowest BCUT2D eigenvalue weighted by Gasteiger charge is -2.35. The second-order valence-corrected chi connectivity index (χ2v) is 6.74. The van der Waals surface area contributed by atoms with E-state index in [0.717, 1.165) is 31.2 Å². The highest BCUT2D eigenvalue weighted by atomic mass is 35.5. The summed E-state index contributed by atoms with van der Waals surface area (Å²) >= 11 is 6.12. The van der Waals surface area contributed by atoms with Crippen molar-refractivity contribution in [3.63, 3.8) is 0 Å². The van der Waals surface area contributed by atoms with Gasteiger partial charge in [-0.25, -0.2) is 14.1 Å². The van der Waals surface area contributed by atoms with E-state index >= 15 is 0 Å².